The van der Waals surface area contributed by atoms with Crippen LogP contribution >= 0.6 is 11.3 Å². The van der Waals surface area contributed by atoms with Crippen LogP contribution in [0, 0.1) is 11.3 Å². The summed E-state index contributed by atoms with van der Waals surface area (Å²) in [5, 5.41) is 23.3. The first-order valence-electron chi connectivity index (χ1n) is 6.36. The molecular weight excluding hydrogens is 290 g/mol. The number of hydrogen-bond donors (Lipinski definition) is 3. The average Bonchev–Trinajstić information content (AvgIpc) is 2.91. The van der Waals surface area contributed by atoms with Gasteiger partial charge in [0.15, 0.2) is 0 Å². The smallest absolute Gasteiger partial charge is 0.304 e. The SMILES string of the molecule is N#Cc1cccc(OCC(O)CNCc2csc(=O)[nH]2)c1. The van der Waals surface area contributed by atoms with Crippen molar-refractivity contribution in [2.75, 3.05) is 13.2 Å². The zero-order valence-electron chi connectivity index (χ0n) is 11.2. The lowest BCUT2D eigenvalue weighted by molar-refractivity contribution is 0.106. The minimum Gasteiger partial charge on any atom is -0.491 e. The van der Waals surface area contributed by atoms with Gasteiger partial charge in [-0.1, -0.05) is 17.4 Å². The molecule has 21 heavy (non-hydrogen) atoms. The van der Waals surface area contributed by atoms with Crippen LogP contribution in [0.2, 0.25) is 0 Å². The van der Waals surface area contributed by atoms with Crippen molar-refractivity contribution in [1.82, 2.24) is 10.3 Å². The van der Waals surface area contributed by atoms with Crippen molar-refractivity contribution >= 4 is 11.3 Å². The van der Waals surface area contributed by atoms with Crippen molar-refractivity contribution in [3.8, 4) is 11.8 Å². The van der Waals surface area contributed by atoms with Gasteiger partial charge >= 0.3 is 4.87 Å². The van der Waals surface area contributed by atoms with Gasteiger partial charge in [0.2, 0.25) is 0 Å². The van der Waals surface area contributed by atoms with E-state index in [1.165, 1.54) is 0 Å². The standard InChI is InChI=1S/C14H15N3O3S/c15-5-10-2-1-3-13(4-10)20-8-12(18)7-16-6-11-9-21-14(19)17-11/h1-4,9,12,16,18H,6-8H2,(H,17,19). The van der Waals surface area contributed by atoms with Crippen LogP contribution in [0.4, 0.5) is 0 Å². The van der Waals surface area contributed by atoms with Gasteiger partial charge in [0.1, 0.15) is 18.5 Å². The van der Waals surface area contributed by atoms with E-state index in [4.69, 9.17) is 10.00 Å². The Morgan fingerprint density at radius 2 is 2.38 bits per heavy atom. The molecule has 0 saturated carbocycles. The molecule has 1 unspecified atom stereocenters. The van der Waals surface area contributed by atoms with E-state index in [9.17, 15) is 9.90 Å². The minimum absolute atomic E-state index is 0.0898. The van der Waals surface area contributed by atoms with Gasteiger partial charge in [-0.25, -0.2) is 0 Å². The highest BCUT2D eigenvalue weighted by Crippen LogP contribution is 2.12. The molecule has 0 bridgehead atoms. The summed E-state index contributed by atoms with van der Waals surface area (Å²) >= 11 is 1.11. The Morgan fingerprint density at radius 3 is 3.10 bits per heavy atom. The molecule has 3 N–H and O–H groups in total. The van der Waals surface area contributed by atoms with Gasteiger partial charge in [-0.15, -0.1) is 0 Å². The van der Waals surface area contributed by atoms with E-state index in [-0.39, 0.29) is 11.5 Å². The fourth-order valence-electron chi connectivity index (χ4n) is 1.68. The van der Waals surface area contributed by atoms with Crippen LogP contribution in [-0.4, -0.2) is 29.3 Å². The highest BCUT2D eigenvalue weighted by molar-refractivity contribution is 7.07. The third-order valence-electron chi connectivity index (χ3n) is 2.67. The first-order valence-corrected chi connectivity index (χ1v) is 7.24. The fraction of sp³-hybridized carbons (Fsp3) is 0.286. The Bertz CT molecular complexity index is 674. The zero-order valence-corrected chi connectivity index (χ0v) is 12.0. The normalized spacial score (nSPS) is 11.8. The Kier molecular flexibility index (Phi) is 5.51. The molecule has 0 aliphatic rings. The highest BCUT2D eigenvalue weighted by Gasteiger charge is 2.06. The fourth-order valence-corrected chi connectivity index (χ4v) is 2.26. The van der Waals surface area contributed by atoms with E-state index in [1.54, 1.807) is 29.6 Å². The molecule has 0 saturated heterocycles. The number of aliphatic hydroxyl groups is 1. The van der Waals surface area contributed by atoms with Gasteiger partial charge in [0.05, 0.1) is 11.6 Å². The number of aromatic amines is 1. The maximum atomic E-state index is 10.9. The van der Waals surface area contributed by atoms with E-state index < -0.39 is 6.10 Å². The van der Waals surface area contributed by atoms with Crippen molar-refractivity contribution < 1.29 is 9.84 Å². The molecule has 6 nitrogen and oxygen atoms in total. The molecule has 0 spiro atoms. The number of benzene rings is 1. The molecule has 7 heteroatoms. The Hall–Kier alpha value is -2.14. The second-order valence-electron chi connectivity index (χ2n) is 4.41. The van der Waals surface area contributed by atoms with Gasteiger partial charge in [0.25, 0.3) is 0 Å². The summed E-state index contributed by atoms with van der Waals surface area (Å²) in [4.78, 5) is 13.5. The van der Waals surface area contributed by atoms with Gasteiger partial charge in [-0.2, -0.15) is 5.26 Å². The molecule has 0 radical (unpaired) electrons. The van der Waals surface area contributed by atoms with E-state index in [0.717, 1.165) is 17.0 Å². The van der Waals surface area contributed by atoms with Crippen LogP contribution in [0.5, 0.6) is 5.75 Å². The average molecular weight is 305 g/mol. The molecular formula is C14H15N3O3S. The van der Waals surface area contributed by atoms with Crippen molar-refractivity contribution in [3.63, 3.8) is 0 Å². The molecule has 2 rings (SSSR count). The number of hydrogen-bond acceptors (Lipinski definition) is 6. The van der Waals surface area contributed by atoms with Crippen LogP contribution in [0.1, 0.15) is 11.3 Å². The quantitative estimate of drug-likeness (QED) is 0.704. The van der Waals surface area contributed by atoms with E-state index in [0.29, 0.717) is 24.4 Å². The molecule has 1 aromatic heterocycles. The van der Waals surface area contributed by atoms with Crippen molar-refractivity contribution in [1.29, 1.82) is 5.26 Å². The van der Waals surface area contributed by atoms with Crippen molar-refractivity contribution in [2.45, 2.75) is 12.6 Å². The molecule has 0 aliphatic heterocycles. The highest BCUT2D eigenvalue weighted by atomic mass is 32.1. The van der Waals surface area contributed by atoms with Crippen LogP contribution in [0.3, 0.4) is 0 Å². The third-order valence-corrected chi connectivity index (χ3v) is 3.39. The Morgan fingerprint density at radius 1 is 1.52 bits per heavy atom. The predicted molar refractivity (Wildman–Crippen MR) is 79.3 cm³/mol. The van der Waals surface area contributed by atoms with E-state index in [1.807, 2.05) is 6.07 Å². The summed E-state index contributed by atoms with van der Waals surface area (Å²) in [5.41, 5.74) is 1.31. The largest absolute Gasteiger partial charge is 0.491 e. The first-order chi connectivity index (χ1) is 10.2. The van der Waals surface area contributed by atoms with Gasteiger partial charge in [-0.05, 0) is 18.2 Å². The zero-order chi connectivity index (χ0) is 15.1. The summed E-state index contributed by atoms with van der Waals surface area (Å²) in [7, 11) is 0. The van der Waals surface area contributed by atoms with Crippen molar-refractivity contribution in [2.24, 2.45) is 0 Å². The number of nitriles is 1. The van der Waals surface area contributed by atoms with Crippen LogP contribution in [0.15, 0.2) is 34.4 Å². The number of aliphatic hydroxyl groups excluding tert-OH is 1. The molecule has 2 aromatic rings. The number of nitrogens with zero attached hydrogens (tertiary/aromatic N) is 1. The second kappa shape index (κ2) is 7.59. The third kappa shape index (κ3) is 5.04. The lowest BCUT2D eigenvalue weighted by Gasteiger charge is -2.13. The minimum atomic E-state index is -0.680. The maximum absolute atomic E-state index is 10.9. The number of nitrogens with one attached hydrogen (secondary N) is 2. The van der Waals surface area contributed by atoms with Gasteiger partial charge in [-0.3, -0.25) is 4.79 Å². The molecule has 0 amide bonds. The van der Waals surface area contributed by atoms with Gasteiger partial charge in [0, 0.05) is 24.2 Å². The van der Waals surface area contributed by atoms with Crippen LogP contribution < -0.4 is 14.9 Å². The second-order valence-corrected chi connectivity index (χ2v) is 5.25. The molecule has 0 fully saturated rings. The number of thiazole rings is 1. The number of ether oxygens (including phenoxy) is 1. The van der Waals surface area contributed by atoms with Crippen molar-refractivity contribution in [3.05, 3.63) is 50.6 Å². The first kappa shape index (κ1) is 15.3. The molecule has 0 aliphatic carbocycles. The monoisotopic (exact) mass is 305 g/mol. The van der Waals surface area contributed by atoms with Gasteiger partial charge < -0.3 is 20.1 Å². The number of H-pyrrole nitrogens is 1. The van der Waals surface area contributed by atoms with Crippen LogP contribution in [-0.2, 0) is 6.54 Å². The summed E-state index contributed by atoms with van der Waals surface area (Å²) in [6.07, 6.45) is -0.680. The maximum Gasteiger partial charge on any atom is 0.304 e. The Balaban J connectivity index is 1.70. The topological polar surface area (TPSA) is 98.1 Å². The number of aromatic nitrogens is 1. The lowest BCUT2D eigenvalue weighted by Crippen LogP contribution is -2.31. The van der Waals surface area contributed by atoms with E-state index >= 15 is 0 Å². The summed E-state index contributed by atoms with van der Waals surface area (Å²) < 4.78 is 5.42. The molecule has 110 valence electrons. The molecule has 1 heterocycles. The molecule has 1 aromatic carbocycles. The molecule has 1 atom stereocenters. The summed E-state index contributed by atoms with van der Waals surface area (Å²) in [6.45, 7) is 0.956. The summed E-state index contributed by atoms with van der Waals surface area (Å²) in [6, 6.07) is 8.80. The lowest BCUT2D eigenvalue weighted by atomic mass is 10.2. The van der Waals surface area contributed by atoms with E-state index in [2.05, 4.69) is 10.3 Å². The van der Waals surface area contributed by atoms with Crippen LogP contribution in [0.25, 0.3) is 0 Å². The predicted octanol–water partition coefficient (Wildman–Crippen LogP) is 0.838. The number of rotatable bonds is 7. The summed E-state index contributed by atoms with van der Waals surface area (Å²) in [5.74, 6) is 0.551. The Labute approximate surface area is 125 Å².